The largest absolute Gasteiger partial charge is 0.383 e. The number of hydrogen-bond acceptors (Lipinski definition) is 5. The van der Waals surface area contributed by atoms with Gasteiger partial charge in [0.05, 0.1) is 19.7 Å². The van der Waals surface area contributed by atoms with Crippen molar-refractivity contribution in [1.29, 1.82) is 0 Å². The number of carbonyl (C=O) groups is 1. The molecule has 0 saturated carbocycles. The molecule has 5 nitrogen and oxygen atoms in total. The van der Waals surface area contributed by atoms with Gasteiger partial charge in [-0.1, -0.05) is 0 Å². The van der Waals surface area contributed by atoms with E-state index in [1.807, 2.05) is 0 Å². The van der Waals surface area contributed by atoms with Crippen LogP contribution in [0.5, 0.6) is 0 Å². The summed E-state index contributed by atoms with van der Waals surface area (Å²) in [6.07, 6.45) is 0. The highest BCUT2D eigenvalue weighted by Crippen LogP contribution is 2.14. The molecule has 0 bridgehead atoms. The standard InChI is InChI=1S/C16H27N3O2S/c1-13-11-18(6-7-19(13)8-9-21-3)12-16(20)17-10-15-5-4-14(2)22-15/h4-5,13H,6-12H2,1-3H3,(H,17,20). The molecular formula is C16H27N3O2S. The van der Waals surface area contributed by atoms with Crippen LogP contribution in [0.4, 0.5) is 0 Å². The number of nitrogens with one attached hydrogen (secondary N) is 1. The molecule has 0 aromatic carbocycles. The first-order valence-electron chi connectivity index (χ1n) is 7.86. The molecule has 124 valence electrons. The molecule has 2 rings (SSSR count). The monoisotopic (exact) mass is 325 g/mol. The zero-order valence-corrected chi connectivity index (χ0v) is 14.6. The fourth-order valence-corrected chi connectivity index (χ4v) is 3.61. The van der Waals surface area contributed by atoms with Gasteiger partial charge >= 0.3 is 0 Å². The lowest BCUT2D eigenvalue weighted by Crippen LogP contribution is -2.54. The first-order chi connectivity index (χ1) is 10.6. The highest BCUT2D eigenvalue weighted by molar-refractivity contribution is 7.11. The molecule has 2 heterocycles. The lowest BCUT2D eigenvalue weighted by molar-refractivity contribution is -0.123. The summed E-state index contributed by atoms with van der Waals surface area (Å²) < 4.78 is 5.14. The number of hydrogen-bond donors (Lipinski definition) is 1. The van der Waals surface area contributed by atoms with Crippen LogP contribution in [-0.4, -0.2) is 68.2 Å². The van der Waals surface area contributed by atoms with Gasteiger partial charge in [-0.2, -0.15) is 0 Å². The molecular weight excluding hydrogens is 298 g/mol. The summed E-state index contributed by atoms with van der Waals surface area (Å²) >= 11 is 1.74. The smallest absolute Gasteiger partial charge is 0.234 e. The fraction of sp³-hybridized carbons (Fsp3) is 0.688. The summed E-state index contributed by atoms with van der Waals surface area (Å²) in [4.78, 5) is 19.2. The molecule has 1 fully saturated rings. The molecule has 0 radical (unpaired) electrons. The summed E-state index contributed by atoms with van der Waals surface area (Å²) in [5, 5.41) is 3.02. The number of thiophene rings is 1. The highest BCUT2D eigenvalue weighted by Gasteiger charge is 2.24. The minimum atomic E-state index is 0.114. The molecule has 6 heteroatoms. The van der Waals surface area contributed by atoms with E-state index in [0.717, 1.165) is 32.8 Å². The first kappa shape index (κ1) is 17.4. The average Bonchev–Trinajstić information content (AvgIpc) is 2.90. The van der Waals surface area contributed by atoms with Crippen molar-refractivity contribution < 1.29 is 9.53 Å². The Bertz CT molecular complexity index is 478. The second kappa shape index (κ2) is 8.62. The van der Waals surface area contributed by atoms with Crippen LogP contribution in [-0.2, 0) is 16.1 Å². The third-order valence-corrected chi connectivity index (χ3v) is 5.06. The van der Waals surface area contributed by atoms with Gasteiger partial charge in [0.1, 0.15) is 0 Å². The van der Waals surface area contributed by atoms with Gasteiger partial charge in [-0.15, -0.1) is 11.3 Å². The summed E-state index contributed by atoms with van der Waals surface area (Å²) in [5.74, 6) is 0.114. The molecule has 0 aliphatic carbocycles. The van der Waals surface area contributed by atoms with Crippen molar-refractivity contribution in [3.8, 4) is 0 Å². The third kappa shape index (κ3) is 5.35. The van der Waals surface area contributed by atoms with E-state index in [0.29, 0.717) is 19.1 Å². The summed E-state index contributed by atoms with van der Waals surface area (Å²) in [5.41, 5.74) is 0. The van der Waals surface area contributed by atoms with E-state index in [2.05, 4.69) is 41.1 Å². The Labute approximate surface area is 137 Å². The Morgan fingerprint density at radius 2 is 2.27 bits per heavy atom. The molecule has 1 aromatic heterocycles. The van der Waals surface area contributed by atoms with Crippen LogP contribution < -0.4 is 5.32 Å². The van der Waals surface area contributed by atoms with Gasteiger partial charge in [0.2, 0.25) is 5.91 Å². The normalized spacial score (nSPS) is 20.2. The van der Waals surface area contributed by atoms with E-state index < -0.39 is 0 Å². The van der Waals surface area contributed by atoms with Crippen LogP contribution in [0, 0.1) is 6.92 Å². The van der Waals surface area contributed by atoms with Crippen molar-refractivity contribution in [2.24, 2.45) is 0 Å². The summed E-state index contributed by atoms with van der Waals surface area (Å²) in [6, 6.07) is 4.64. The Morgan fingerprint density at radius 3 is 2.91 bits per heavy atom. The van der Waals surface area contributed by atoms with Crippen LogP contribution in [0.1, 0.15) is 16.7 Å². The third-order valence-electron chi connectivity index (χ3n) is 4.05. The number of methoxy groups -OCH3 is 1. The maximum absolute atomic E-state index is 12.1. The zero-order chi connectivity index (χ0) is 15.9. The summed E-state index contributed by atoms with van der Waals surface area (Å²) in [6.45, 7) is 10.1. The maximum Gasteiger partial charge on any atom is 0.234 e. The van der Waals surface area contributed by atoms with Crippen molar-refractivity contribution >= 4 is 17.2 Å². The van der Waals surface area contributed by atoms with E-state index in [1.165, 1.54) is 9.75 Å². The highest BCUT2D eigenvalue weighted by atomic mass is 32.1. The Kier molecular flexibility index (Phi) is 6.82. The van der Waals surface area contributed by atoms with Crippen LogP contribution in [0.15, 0.2) is 12.1 Å². The second-order valence-corrected chi connectivity index (χ2v) is 7.27. The van der Waals surface area contributed by atoms with Crippen LogP contribution in [0.25, 0.3) is 0 Å². The van der Waals surface area contributed by atoms with E-state index in [1.54, 1.807) is 18.4 Å². The van der Waals surface area contributed by atoms with E-state index in [9.17, 15) is 4.79 Å². The molecule has 1 aromatic rings. The van der Waals surface area contributed by atoms with E-state index in [4.69, 9.17) is 4.74 Å². The number of ether oxygens (including phenoxy) is 1. The van der Waals surface area contributed by atoms with Crippen LogP contribution in [0.3, 0.4) is 0 Å². The summed E-state index contributed by atoms with van der Waals surface area (Å²) in [7, 11) is 1.74. The molecule has 1 aliphatic heterocycles. The molecule has 1 unspecified atom stereocenters. The SMILES string of the molecule is COCCN1CCN(CC(=O)NCc2ccc(C)s2)CC1C. The van der Waals surface area contributed by atoms with Gasteiger partial charge in [-0.25, -0.2) is 0 Å². The Hall–Kier alpha value is -0.950. The molecule has 22 heavy (non-hydrogen) atoms. The van der Waals surface area contributed by atoms with Gasteiger partial charge < -0.3 is 10.1 Å². The van der Waals surface area contributed by atoms with Crippen molar-refractivity contribution in [3.63, 3.8) is 0 Å². The molecule has 1 amide bonds. The van der Waals surface area contributed by atoms with Gasteiger partial charge in [0, 0.05) is 49.1 Å². The van der Waals surface area contributed by atoms with Crippen molar-refractivity contribution in [1.82, 2.24) is 15.1 Å². The second-order valence-electron chi connectivity index (χ2n) is 5.90. The maximum atomic E-state index is 12.1. The Morgan fingerprint density at radius 1 is 1.45 bits per heavy atom. The number of carbonyl (C=O) groups excluding carboxylic acids is 1. The predicted molar refractivity (Wildman–Crippen MR) is 90.3 cm³/mol. The molecule has 1 atom stereocenters. The van der Waals surface area contributed by atoms with Gasteiger partial charge in [-0.05, 0) is 26.0 Å². The van der Waals surface area contributed by atoms with Gasteiger partial charge in [0.15, 0.2) is 0 Å². The van der Waals surface area contributed by atoms with Crippen molar-refractivity contribution in [2.75, 3.05) is 46.4 Å². The molecule has 1 aliphatic rings. The van der Waals surface area contributed by atoms with Crippen molar-refractivity contribution in [2.45, 2.75) is 26.4 Å². The molecule has 0 spiro atoms. The number of rotatable bonds is 7. The number of aryl methyl sites for hydroxylation is 1. The Balaban J connectivity index is 1.69. The van der Waals surface area contributed by atoms with E-state index in [-0.39, 0.29) is 5.91 Å². The molecule has 1 saturated heterocycles. The first-order valence-corrected chi connectivity index (χ1v) is 8.67. The van der Waals surface area contributed by atoms with Crippen LogP contribution in [0.2, 0.25) is 0 Å². The quantitative estimate of drug-likeness (QED) is 0.821. The van der Waals surface area contributed by atoms with E-state index >= 15 is 0 Å². The minimum absolute atomic E-state index is 0.114. The van der Waals surface area contributed by atoms with Gasteiger partial charge in [-0.3, -0.25) is 14.6 Å². The van der Waals surface area contributed by atoms with Crippen molar-refractivity contribution in [3.05, 3.63) is 21.9 Å². The minimum Gasteiger partial charge on any atom is -0.383 e. The number of nitrogens with zero attached hydrogens (tertiary/aromatic N) is 2. The average molecular weight is 325 g/mol. The number of amides is 1. The lowest BCUT2D eigenvalue weighted by Gasteiger charge is -2.39. The zero-order valence-electron chi connectivity index (χ0n) is 13.8. The van der Waals surface area contributed by atoms with Gasteiger partial charge in [0.25, 0.3) is 0 Å². The number of piperazine rings is 1. The molecule has 1 N–H and O–H groups in total. The van der Waals surface area contributed by atoms with Crippen LogP contribution >= 0.6 is 11.3 Å². The topological polar surface area (TPSA) is 44.8 Å². The fourth-order valence-electron chi connectivity index (χ4n) is 2.78. The lowest BCUT2D eigenvalue weighted by atomic mass is 10.2. The predicted octanol–water partition coefficient (Wildman–Crippen LogP) is 1.33.